The molecule has 3 nitrogen and oxygen atoms in total. The molecule has 0 saturated carbocycles. The van der Waals surface area contributed by atoms with Gasteiger partial charge in [-0.25, -0.2) is 4.39 Å². The first-order valence-electron chi connectivity index (χ1n) is 5.55. The van der Waals surface area contributed by atoms with E-state index in [1.807, 2.05) is 0 Å². The summed E-state index contributed by atoms with van der Waals surface area (Å²) in [6.45, 7) is 1.68. The highest BCUT2D eigenvalue weighted by atomic mass is 19.1. The van der Waals surface area contributed by atoms with E-state index in [-0.39, 0.29) is 5.82 Å². The molecule has 94 valence electrons. The number of aryl methyl sites for hydroxylation is 1. The standard InChI is InChI=1S/C14H14FNO2/c1-9-3-4-10(6-13(9)15)14(17)11-5-12(18-2)8-16-7-11/h3-8,14,17H,1-2H3. The smallest absolute Gasteiger partial charge is 0.137 e. The molecule has 2 aromatic rings. The summed E-state index contributed by atoms with van der Waals surface area (Å²) in [5.74, 6) is 0.224. The molecule has 0 radical (unpaired) electrons. The number of aromatic nitrogens is 1. The molecule has 1 unspecified atom stereocenters. The van der Waals surface area contributed by atoms with Crippen molar-refractivity contribution in [2.75, 3.05) is 7.11 Å². The SMILES string of the molecule is COc1cncc(C(O)c2ccc(C)c(F)c2)c1. The van der Waals surface area contributed by atoms with Crippen LogP contribution in [0.4, 0.5) is 4.39 Å². The van der Waals surface area contributed by atoms with Gasteiger partial charge in [-0.15, -0.1) is 0 Å². The third-order valence-corrected chi connectivity index (χ3v) is 2.80. The maximum absolute atomic E-state index is 13.4. The molecule has 0 saturated heterocycles. The number of nitrogens with zero attached hydrogens (tertiary/aromatic N) is 1. The average Bonchev–Trinajstić information content (AvgIpc) is 2.41. The van der Waals surface area contributed by atoms with Crippen molar-refractivity contribution >= 4 is 0 Å². The molecule has 0 amide bonds. The molecule has 1 aromatic heterocycles. The van der Waals surface area contributed by atoms with Crippen LogP contribution >= 0.6 is 0 Å². The maximum Gasteiger partial charge on any atom is 0.137 e. The first kappa shape index (κ1) is 12.5. The second-order valence-corrected chi connectivity index (χ2v) is 4.07. The molecule has 2 rings (SSSR count). The van der Waals surface area contributed by atoms with Gasteiger partial charge in [0.1, 0.15) is 17.7 Å². The van der Waals surface area contributed by atoms with Gasteiger partial charge in [0.15, 0.2) is 0 Å². The highest BCUT2D eigenvalue weighted by Crippen LogP contribution is 2.25. The number of aliphatic hydroxyl groups is 1. The minimum atomic E-state index is -0.914. The van der Waals surface area contributed by atoms with E-state index in [2.05, 4.69) is 4.98 Å². The molecule has 4 heteroatoms. The second kappa shape index (κ2) is 5.14. The zero-order chi connectivity index (χ0) is 13.1. The van der Waals surface area contributed by atoms with E-state index in [0.717, 1.165) is 0 Å². The van der Waals surface area contributed by atoms with Gasteiger partial charge < -0.3 is 9.84 Å². The van der Waals surface area contributed by atoms with Crippen LogP contribution in [0.1, 0.15) is 22.8 Å². The fourth-order valence-corrected chi connectivity index (χ4v) is 1.67. The molecule has 0 bridgehead atoms. The van der Waals surface area contributed by atoms with Gasteiger partial charge in [-0.1, -0.05) is 12.1 Å². The van der Waals surface area contributed by atoms with Crippen LogP contribution in [-0.2, 0) is 0 Å². The number of aliphatic hydroxyl groups excluding tert-OH is 1. The molecular weight excluding hydrogens is 233 g/mol. The van der Waals surface area contributed by atoms with E-state index in [4.69, 9.17) is 4.74 Å². The topological polar surface area (TPSA) is 42.4 Å². The Bertz CT molecular complexity index is 557. The number of hydrogen-bond acceptors (Lipinski definition) is 3. The summed E-state index contributed by atoms with van der Waals surface area (Å²) in [7, 11) is 1.53. The third kappa shape index (κ3) is 2.49. The molecular formula is C14H14FNO2. The highest BCUT2D eigenvalue weighted by molar-refractivity contribution is 5.34. The van der Waals surface area contributed by atoms with Crippen LogP contribution in [0.3, 0.4) is 0 Å². The summed E-state index contributed by atoms with van der Waals surface area (Å²) < 4.78 is 18.5. The van der Waals surface area contributed by atoms with Crippen LogP contribution in [0.5, 0.6) is 5.75 Å². The van der Waals surface area contributed by atoms with Crippen molar-refractivity contribution < 1.29 is 14.2 Å². The first-order valence-corrected chi connectivity index (χ1v) is 5.55. The number of rotatable bonds is 3. The monoisotopic (exact) mass is 247 g/mol. The Morgan fingerprint density at radius 1 is 1.22 bits per heavy atom. The molecule has 0 spiro atoms. The lowest BCUT2D eigenvalue weighted by Gasteiger charge is -2.12. The molecule has 0 aliphatic rings. The van der Waals surface area contributed by atoms with Gasteiger partial charge in [0.05, 0.1) is 13.3 Å². The molecule has 0 aliphatic carbocycles. The van der Waals surface area contributed by atoms with Crippen LogP contribution in [0.25, 0.3) is 0 Å². The predicted molar refractivity (Wildman–Crippen MR) is 66.0 cm³/mol. The Hall–Kier alpha value is -1.94. The number of methoxy groups -OCH3 is 1. The minimum absolute atomic E-state index is 0.331. The minimum Gasteiger partial charge on any atom is -0.495 e. The van der Waals surface area contributed by atoms with Crippen LogP contribution < -0.4 is 4.74 Å². The lowest BCUT2D eigenvalue weighted by atomic mass is 10.0. The van der Waals surface area contributed by atoms with E-state index in [1.165, 1.54) is 19.4 Å². The number of pyridine rings is 1. The number of benzene rings is 1. The fraction of sp³-hybridized carbons (Fsp3) is 0.214. The fourth-order valence-electron chi connectivity index (χ4n) is 1.67. The molecule has 0 fully saturated rings. The van der Waals surface area contributed by atoms with Crippen LogP contribution in [0.15, 0.2) is 36.7 Å². The van der Waals surface area contributed by atoms with Gasteiger partial charge in [-0.05, 0) is 30.2 Å². The van der Waals surface area contributed by atoms with Gasteiger partial charge in [-0.2, -0.15) is 0 Å². The predicted octanol–water partition coefficient (Wildman–Crippen LogP) is 2.62. The van der Waals surface area contributed by atoms with Crippen molar-refractivity contribution in [3.05, 3.63) is 59.2 Å². The number of halogens is 1. The van der Waals surface area contributed by atoms with Gasteiger partial charge in [0.2, 0.25) is 0 Å². The Morgan fingerprint density at radius 2 is 2.00 bits per heavy atom. The maximum atomic E-state index is 13.4. The van der Waals surface area contributed by atoms with Crippen LogP contribution in [-0.4, -0.2) is 17.2 Å². The van der Waals surface area contributed by atoms with Gasteiger partial charge in [-0.3, -0.25) is 4.98 Å². The Balaban J connectivity index is 2.34. The van der Waals surface area contributed by atoms with Gasteiger partial charge >= 0.3 is 0 Å². The Kier molecular flexibility index (Phi) is 3.58. The summed E-state index contributed by atoms with van der Waals surface area (Å²) >= 11 is 0. The molecule has 1 N–H and O–H groups in total. The molecule has 1 atom stereocenters. The average molecular weight is 247 g/mol. The van der Waals surface area contributed by atoms with Crippen molar-refractivity contribution in [2.45, 2.75) is 13.0 Å². The van der Waals surface area contributed by atoms with Crippen molar-refractivity contribution in [2.24, 2.45) is 0 Å². The highest BCUT2D eigenvalue weighted by Gasteiger charge is 2.13. The molecule has 0 aliphatic heterocycles. The van der Waals surface area contributed by atoms with Crippen molar-refractivity contribution in [3.8, 4) is 5.75 Å². The molecule has 1 heterocycles. The third-order valence-electron chi connectivity index (χ3n) is 2.80. The van der Waals surface area contributed by atoms with Crippen molar-refractivity contribution in [1.82, 2.24) is 4.98 Å². The van der Waals surface area contributed by atoms with Crippen LogP contribution in [0.2, 0.25) is 0 Å². The number of hydrogen-bond donors (Lipinski definition) is 1. The first-order chi connectivity index (χ1) is 8.61. The zero-order valence-electron chi connectivity index (χ0n) is 10.2. The summed E-state index contributed by atoms with van der Waals surface area (Å²) in [4.78, 5) is 3.96. The molecule has 1 aromatic carbocycles. The van der Waals surface area contributed by atoms with E-state index in [1.54, 1.807) is 31.3 Å². The summed E-state index contributed by atoms with van der Waals surface area (Å²) in [6.07, 6.45) is 2.17. The van der Waals surface area contributed by atoms with E-state index < -0.39 is 6.10 Å². The Morgan fingerprint density at radius 3 is 2.67 bits per heavy atom. The largest absolute Gasteiger partial charge is 0.495 e. The van der Waals surface area contributed by atoms with E-state index in [0.29, 0.717) is 22.4 Å². The normalized spacial score (nSPS) is 12.2. The Labute approximate surface area is 105 Å². The summed E-state index contributed by atoms with van der Waals surface area (Å²) in [5.41, 5.74) is 1.61. The zero-order valence-corrected chi connectivity index (χ0v) is 10.2. The quantitative estimate of drug-likeness (QED) is 0.906. The molecule has 18 heavy (non-hydrogen) atoms. The second-order valence-electron chi connectivity index (χ2n) is 4.07. The number of ether oxygens (including phenoxy) is 1. The van der Waals surface area contributed by atoms with Gasteiger partial charge in [0, 0.05) is 11.8 Å². The lowest BCUT2D eigenvalue weighted by molar-refractivity contribution is 0.218. The van der Waals surface area contributed by atoms with Crippen LogP contribution in [0, 0.1) is 12.7 Å². The van der Waals surface area contributed by atoms with Crippen molar-refractivity contribution in [3.63, 3.8) is 0 Å². The summed E-state index contributed by atoms with van der Waals surface area (Å²) in [5, 5.41) is 10.2. The lowest BCUT2D eigenvalue weighted by Crippen LogP contribution is -2.02. The van der Waals surface area contributed by atoms with E-state index in [9.17, 15) is 9.50 Å². The summed E-state index contributed by atoms with van der Waals surface area (Å²) in [6, 6.07) is 6.35. The van der Waals surface area contributed by atoms with Crippen molar-refractivity contribution in [1.29, 1.82) is 0 Å². The van der Waals surface area contributed by atoms with E-state index >= 15 is 0 Å². The van der Waals surface area contributed by atoms with Gasteiger partial charge in [0.25, 0.3) is 0 Å².